The number of rotatable bonds is 47. The second kappa shape index (κ2) is 55.4. The zero-order valence-electron chi connectivity index (χ0n) is 42.7. The largest absolute Gasteiger partial charge is 0.462 e. The van der Waals surface area contributed by atoms with Crippen LogP contribution in [0.25, 0.3) is 0 Å². The maximum Gasteiger partial charge on any atom is 0.306 e. The first-order chi connectivity index (χ1) is 32.6. The molecule has 66 heavy (non-hydrogen) atoms. The Balaban J connectivity index is 4.43. The molecule has 0 bridgehead atoms. The fourth-order valence-electron chi connectivity index (χ4n) is 6.75. The minimum Gasteiger partial charge on any atom is -0.462 e. The molecule has 0 saturated carbocycles. The molecule has 1 atom stereocenters. The van der Waals surface area contributed by atoms with Crippen LogP contribution in [-0.2, 0) is 23.8 Å². The highest BCUT2D eigenvalue weighted by Crippen LogP contribution is 2.12. The van der Waals surface area contributed by atoms with Crippen molar-refractivity contribution in [1.29, 1.82) is 0 Å². The van der Waals surface area contributed by atoms with Crippen LogP contribution in [0.4, 0.5) is 0 Å². The predicted octanol–water partition coefficient (Wildman–Crippen LogP) is 18.3. The Hall–Kier alpha value is -3.96. The third-order valence-electron chi connectivity index (χ3n) is 10.7. The molecule has 0 aromatic rings. The number of unbranched alkanes of at least 4 members (excludes halogenated alkanes) is 14. The molecule has 0 N–H and O–H groups in total. The number of hydrogen-bond acceptors (Lipinski definition) is 5. The molecule has 0 heterocycles. The number of carbonyl (C=O) groups excluding carboxylic acids is 2. The molecule has 0 aromatic heterocycles. The summed E-state index contributed by atoms with van der Waals surface area (Å²) in [5.41, 5.74) is 0. The zero-order chi connectivity index (χ0) is 47.7. The van der Waals surface area contributed by atoms with Crippen molar-refractivity contribution >= 4 is 11.9 Å². The van der Waals surface area contributed by atoms with Gasteiger partial charge in [-0.15, -0.1) is 0 Å². The van der Waals surface area contributed by atoms with Crippen LogP contribution in [0.5, 0.6) is 0 Å². The minimum absolute atomic E-state index is 0.0375. The van der Waals surface area contributed by atoms with Gasteiger partial charge in [-0.2, -0.15) is 0 Å². The minimum atomic E-state index is -0.593. The van der Waals surface area contributed by atoms with Crippen molar-refractivity contribution in [1.82, 2.24) is 0 Å². The average Bonchev–Trinajstić information content (AvgIpc) is 3.32. The Bertz CT molecular complexity index is 1400. The van der Waals surface area contributed by atoms with E-state index in [9.17, 15) is 9.59 Å². The lowest BCUT2D eigenvalue weighted by atomic mass is 10.1. The first-order valence-corrected chi connectivity index (χ1v) is 26.7. The summed E-state index contributed by atoms with van der Waals surface area (Å²) in [5, 5.41) is 0. The third-order valence-corrected chi connectivity index (χ3v) is 10.7. The van der Waals surface area contributed by atoms with Gasteiger partial charge in [-0.3, -0.25) is 9.59 Å². The van der Waals surface area contributed by atoms with Crippen LogP contribution in [0.1, 0.15) is 213 Å². The molecule has 0 amide bonds. The molecule has 5 heteroatoms. The summed E-state index contributed by atoms with van der Waals surface area (Å²) in [6.45, 7) is 7.38. The van der Waals surface area contributed by atoms with Crippen LogP contribution in [-0.4, -0.2) is 37.9 Å². The average molecular weight is 911 g/mol. The van der Waals surface area contributed by atoms with E-state index in [2.05, 4.69) is 154 Å². The molecule has 0 spiro atoms. The molecule has 0 rings (SSSR count). The third kappa shape index (κ3) is 52.7. The lowest BCUT2D eigenvalue weighted by Gasteiger charge is -2.18. The molecule has 0 fully saturated rings. The van der Waals surface area contributed by atoms with Gasteiger partial charge in [0.05, 0.1) is 6.61 Å². The van der Waals surface area contributed by atoms with Gasteiger partial charge in [0.25, 0.3) is 0 Å². The number of allylic oxidation sites excluding steroid dienone is 22. The van der Waals surface area contributed by atoms with Crippen LogP contribution < -0.4 is 0 Å². The van der Waals surface area contributed by atoms with Crippen molar-refractivity contribution in [3.63, 3.8) is 0 Å². The molecular weight excluding hydrogens is 813 g/mol. The fourth-order valence-corrected chi connectivity index (χ4v) is 6.75. The summed E-state index contributed by atoms with van der Waals surface area (Å²) in [5.74, 6) is -0.479. The highest BCUT2D eigenvalue weighted by molar-refractivity contribution is 5.70. The van der Waals surface area contributed by atoms with Crippen LogP contribution in [0, 0.1) is 0 Å². The molecule has 1 unspecified atom stereocenters. The van der Waals surface area contributed by atoms with Gasteiger partial charge in [0.2, 0.25) is 0 Å². The fraction of sp³-hybridized carbons (Fsp3) is 0.607. The smallest absolute Gasteiger partial charge is 0.306 e. The Kier molecular flexibility index (Phi) is 52.0. The van der Waals surface area contributed by atoms with Crippen LogP contribution in [0.2, 0.25) is 0 Å². The van der Waals surface area contributed by atoms with Gasteiger partial charge in [0.1, 0.15) is 6.61 Å². The van der Waals surface area contributed by atoms with Gasteiger partial charge < -0.3 is 14.2 Å². The van der Waals surface area contributed by atoms with E-state index in [0.29, 0.717) is 19.4 Å². The second-order valence-corrected chi connectivity index (χ2v) is 17.0. The highest BCUT2D eigenvalue weighted by atomic mass is 16.6. The predicted molar refractivity (Wildman–Crippen MR) is 288 cm³/mol. The van der Waals surface area contributed by atoms with Crippen LogP contribution in [0.15, 0.2) is 134 Å². The maximum absolute atomic E-state index is 12.8. The molecule has 0 aliphatic heterocycles. The molecule has 0 aliphatic rings. The number of esters is 2. The van der Waals surface area contributed by atoms with Crippen molar-refractivity contribution < 1.29 is 23.8 Å². The van der Waals surface area contributed by atoms with Gasteiger partial charge in [-0.1, -0.05) is 206 Å². The highest BCUT2D eigenvalue weighted by Gasteiger charge is 2.17. The molecule has 0 aliphatic carbocycles. The van der Waals surface area contributed by atoms with Gasteiger partial charge in [-0.05, 0) is 128 Å². The lowest BCUT2D eigenvalue weighted by Crippen LogP contribution is -2.30. The molecule has 5 nitrogen and oxygen atoms in total. The zero-order valence-corrected chi connectivity index (χ0v) is 42.7. The Morgan fingerprint density at radius 1 is 0.348 bits per heavy atom. The maximum atomic E-state index is 12.8. The van der Waals surface area contributed by atoms with E-state index in [1.54, 1.807) is 0 Å². The summed E-state index contributed by atoms with van der Waals surface area (Å²) in [4.78, 5) is 25.5. The SMILES string of the molecule is CC/C=C\C/C=C\C/C=C\C/C=C\CCCCCCC(=O)OC(COCCC/C=C\C/C=C\C/C=C\C/C=C\CC)COC(=O)CCCCCCCC/C=C\C/C=C\C/C=C\CCCCC. The number of carbonyl (C=O) groups is 2. The van der Waals surface area contributed by atoms with E-state index in [1.165, 1.54) is 44.9 Å². The molecule has 0 radical (unpaired) electrons. The Labute approximate surface area is 407 Å². The molecule has 372 valence electrons. The first kappa shape index (κ1) is 62.0. The van der Waals surface area contributed by atoms with Gasteiger partial charge in [-0.25, -0.2) is 0 Å². The topological polar surface area (TPSA) is 61.8 Å². The van der Waals surface area contributed by atoms with Crippen molar-refractivity contribution in [2.24, 2.45) is 0 Å². The Morgan fingerprint density at radius 2 is 0.682 bits per heavy atom. The van der Waals surface area contributed by atoms with E-state index in [-0.39, 0.29) is 25.2 Å². The van der Waals surface area contributed by atoms with Crippen molar-refractivity contribution in [2.75, 3.05) is 19.8 Å². The Morgan fingerprint density at radius 3 is 1.09 bits per heavy atom. The summed E-state index contributed by atoms with van der Waals surface area (Å²) in [7, 11) is 0. The van der Waals surface area contributed by atoms with Crippen molar-refractivity contribution in [2.45, 2.75) is 219 Å². The van der Waals surface area contributed by atoms with Crippen molar-refractivity contribution in [3.8, 4) is 0 Å². The summed E-state index contributed by atoms with van der Waals surface area (Å²) < 4.78 is 17.3. The van der Waals surface area contributed by atoms with E-state index in [1.807, 2.05) is 0 Å². The number of hydrogen-bond donors (Lipinski definition) is 0. The normalized spacial score (nSPS) is 13.3. The second-order valence-electron chi connectivity index (χ2n) is 17.0. The summed E-state index contributed by atoms with van der Waals surface area (Å²) in [6.07, 6.45) is 79.0. The lowest BCUT2D eigenvalue weighted by molar-refractivity contribution is -0.163. The first-order valence-electron chi connectivity index (χ1n) is 26.7. The van der Waals surface area contributed by atoms with Gasteiger partial charge in [0.15, 0.2) is 6.10 Å². The molecule has 0 aromatic carbocycles. The quantitative estimate of drug-likeness (QED) is 0.0346. The van der Waals surface area contributed by atoms with Gasteiger partial charge >= 0.3 is 11.9 Å². The summed E-state index contributed by atoms with van der Waals surface area (Å²) in [6, 6.07) is 0. The van der Waals surface area contributed by atoms with E-state index >= 15 is 0 Å². The summed E-state index contributed by atoms with van der Waals surface area (Å²) >= 11 is 0. The monoisotopic (exact) mass is 911 g/mol. The van der Waals surface area contributed by atoms with Crippen molar-refractivity contribution in [3.05, 3.63) is 134 Å². The van der Waals surface area contributed by atoms with E-state index in [4.69, 9.17) is 14.2 Å². The van der Waals surface area contributed by atoms with E-state index in [0.717, 1.165) is 135 Å². The van der Waals surface area contributed by atoms with Crippen LogP contribution >= 0.6 is 0 Å². The molecule has 0 saturated heterocycles. The molecular formula is C61H98O5. The van der Waals surface area contributed by atoms with Crippen LogP contribution in [0.3, 0.4) is 0 Å². The number of ether oxygens (including phenoxy) is 3. The van der Waals surface area contributed by atoms with E-state index < -0.39 is 6.10 Å². The van der Waals surface area contributed by atoms with Gasteiger partial charge in [0, 0.05) is 19.4 Å². The standard InChI is InChI=1S/C61H98O5/c1-4-7-10-13-16-19-22-25-28-30-31-33-34-36-39-42-45-48-51-54-60(62)65-58-59(57-64-56-53-50-47-44-41-38-27-24-21-18-15-12-9-6-3)66-61(63)55-52-49-46-43-40-37-35-32-29-26-23-20-17-14-11-8-5-2/h8-9,11-12,16-21,25-29,31,33,35,37-38,44,47,59H,4-7,10,13-15,22-24,30,32,34,36,39-43,45-46,48-58H2,1-3H3/b11-8-,12-9-,19-16-,20-17-,21-18-,28-25-,29-26-,33-31-,37-35-,38-27-,47-44-.